The number of rotatable bonds is 11. The van der Waals surface area contributed by atoms with Crippen molar-refractivity contribution < 1.29 is 14.3 Å². The Hall–Kier alpha value is -3.75. The van der Waals surface area contributed by atoms with Crippen LogP contribution in [-0.4, -0.2) is 47.6 Å². The van der Waals surface area contributed by atoms with Gasteiger partial charge in [0.25, 0.3) is 0 Å². The first-order valence-electron chi connectivity index (χ1n) is 11.6. The summed E-state index contributed by atoms with van der Waals surface area (Å²) in [5, 5.41) is 0. The zero-order valence-corrected chi connectivity index (χ0v) is 20.3. The number of aromatic nitrogens is 2. The van der Waals surface area contributed by atoms with Crippen LogP contribution in [0.1, 0.15) is 33.3 Å². The van der Waals surface area contributed by atoms with E-state index in [1.54, 1.807) is 16.7 Å². The largest absolute Gasteiger partial charge is 0.491 e. The highest BCUT2D eigenvalue weighted by atomic mass is 16.5. The molecule has 9 nitrogen and oxygen atoms in total. The first kappa shape index (κ1) is 24.9. The lowest BCUT2D eigenvalue weighted by atomic mass is 10.1. The van der Waals surface area contributed by atoms with Crippen molar-refractivity contribution in [2.45, 2.75) is 40.7 Å². The summed E-state index contributed by atoms with van der Waals surface area (Å²) in [5.41, 5.74) is 8.77. The molecule has 0 saturated heterocycles. The second kappa shape index (κ2) is 10.9. The Bertz CT molecular complexity index is 1210. The van der Waals surface area contributed by atoms with Gasteiger partial charge in [-0.3, -0.25) is 14.2 Å². The number of nitrogens with two attached hydrogens (primary N) is 1. The number of amides is 2. The number of imidazole rings is 1. The number of nitrogens with zero attached hydrogens (tertiary/aromatic N) is 3. The second-order valence-corrected chi connectivity index (χ2v) is 7.87. The van der Waals surface area contributed by atoms with Crippen LogP contribution in [0.15, 0.2) is 41.2 Å². The number of carbonyl (C=O) groups is 2. The average molecular weight is 468 g/mol. The topological polar surface area (TPSA) is 114 Å². The number of fused-ring (bicyclic) bond motifs is 1. The predicted octanol–water partition coefficient (Wildman–Crippen LogP) is 2.66. The van der Waals surface area contributed by atoms with Gasteiger partial charge >= 0.3 is 5.69 Å². The van der Waals surface area contributed by atoms with Crippen molar-refractivity contribution in [3.63, 3.8) is 0 Å². The van der Waals surface area contributed by atoms with Gasteiger partial charge in [0.2, 0.25) is 11.8 Å². The monoisotopic (exact) mass is 467 g/mol. The number of anilines is 2. The van der Waals surface area contributed by atoms with E-state index in [9.17, 15) is 14.4 Å². The number of carbonyl (C=O) groups excluding carboxylic acids is 2. The molecule has 0 radical (unpaired) electrons. The average Bonchev–Trinajstić information content (AvgIpc) is 3.15. The first-order chi connectivity index (χ1) is 16.3. The van der Waals surface area contributed by atoms with Crippen molar-refractivity contribution in [1.29, 1.82) is 0 Å². The number of hydrogen-bond acceptors (Lipinski definition) is 5. The summed E-state index contributed by atoms with van der Waals surface area (Å²) in [4.78, 5) is 43.9. The molecule has 1 heterocycles. The summed E-state index contributed by atoms with van der Waals surface area (Å²) in [6.45, 7) is 10.2. The molecule has 0 fully saturated rings. The molecule has 9 heteroatoms. The zero-order valence-electron chi connectivity index (χ0n) is 20.3. The van der Waals surface area contributed by atoms with Gasteiger partial charge in [0.1, 0.15) is 17.8 Å². The van der Waals surface area contributed by atoms with Crippen LogP contribution in [0.2, 0.25) is 0 Å². The van der Waals surface area contributed by atoms with Crippen LogP contribution in [0, 0.1) is 0 Å². The van der Waals surface area contributed by atoms with Crippen LogP contribution < -0.4 is 26.0 Å². The van der Waals surface area contributed by atoms with Gasteiger partial charge in [-0.15, -0.1) is 0 Å². The third-order valence-corrected chi connectivity index (χ3v) is 5.82. The molecule has 0 aliphatic rings. The predicted molar refractivity (Wildman–Crippen MR) is 135 cm³/mol. The molecule has 0 aliphatic carbocycles. The number of hydrogen-bond donors (Lipinski definition) is 2. The summed E-state index contributed by atoms with van der Waals surface area (Å²) in [5.74, 6) is -0.410. The van der Waals surface area contributed by atoms with Crippen molar-refractivity contribution >= 4 is 34.2 Å². The Balaban J connectivity index is 1.98. The summed E-state index contributed by atoms with van der Waals surface area (Å²) >= 11 is 0. The Morgan fingerprint density at radius 2 is 1.65 bits per heavy atom. The molecule has 182 valence electrons. The van der Waals surface area contributed by atoms with Crippen LogP contribution in [0.5, 0.6) is 5.75 Å². The Labute approximate surface area is 199 Å². The summed E-state index contributed by atoms with van der Waals surface area (Å²) in [6, 6.07) is 11.0. The minimum absolute atomic E-state index is 0.0144. The van der Waals surface area contributed by atoms with Crippen LogP contribution in [0.4, 0.5) is 11.4 Å². The molecule has 2 amide bonds. The number of nitrogens with one attached hydrogen (secondary N) is 1. The van der Waals surface area contributed by atoms with E-state index in [-0.39, 0.29) is 24.6 Å². The zero-order chi connectivity index (χ0) is 24.8. The van der Waals surface area contributed by atoms with E-state index in [2.05, 4.69) is 23.7 Å². The van der Waals surface area contributed by atoms with E-state index in [1.807, 2.05) is 38.1 Å². The maximum Gasteiger partial charge on any atom is 0.326 e. The molecule has 3 rings (SSSR count). The lowest BCUT2D eigenvalue weighted by Crippen LogP contribution is -2.39. The Morgan fingerprint density at radius 3 is 2.21 bits per heavy atom. The SMILES string of the molecule is CCOc1c(CC(=O)N(CC(N)=O)c2ccc(N(CC)CC)cc2)ccc2[nH]c(=O)n(CC)c12. The fourth-order valence-corrected chi connectivity index (χ4v) is 4.18. The Morgan fingerprint density at radius 1 is 1.00 bits per heavy atom. The number of H-pyrrole nitrogens is 1. The summed E-state index contributed by atoms with van der Waals surface area (Å²) < 4.78 is 7.48. The lowest BCUT2D eigenvalue weighted by Gasteiger charge is -2.25. The summed E-state index contributed by atoms with van der Waals surface area (Å²) in [6.07, 6.45) is -0.0144. The molecule has 3 aromatic rings. The number of ether oxygens (including phenoxy) is 1. The second-order valence-electron chi connectivity index (χ2n) is 7.87. The van der Waals surface area contributed by atoms with Crippen molar-refractivity contribution in [2.75, 3.05) is 36.0 Å². The van der Waals surface area contributed by atoms with Crippen molar-refractivity contribution in [3.05, 3.63) is 52.4 Å². The fraction of sp³-hybridized carbons (Fsp3) is 0.400. The van der Waals surface area contributed by atoms with Crippen LogP contribution in [0.3, 0.4) is 0 Å². The van der Waals surface area contributed by atoms with Gasteiger partial charge in [0.05, 0.1) is 18.5 Å². The molecule has 0 aliphatic heterocycles. The third-order valence-electron chi connectivity index (χ3n) is 5.82. The van der Waals surface area contributed by atoms with Crippen molar-refractivity contribution in [2.24, 2.45) is 5.73 Å². The molecule has 0 atom stereocenters. The molecule has 0 bridgehead atoms. The minimum Gasteiger partial charge on any atom is -0.491 e. The molecule has 0 spiro atoms. The van der Waals surface area contributed by atoms with E-state index < -0.39 is 5.91 Å². The molecule has 34 heavy (non-hydrogen) atoms. The highest BCUT2D eigenvalue weighted by Gasteiger charge is 2.23. The fourth-order valence-electron chi connectivity index (χ4n) is 4.18. The van der Waals surface area contributed by atoms with Crippen LogP contribution >= 0.6 is 0 Å². The van der Waals surface area contributed by atoms with Gasteiger partial charge in [0.15, 0.2) is 0 Å². The molecule has 2 aromatic carbocycles. The number of aromatic amines is 1. The minimum atomic E-state index is -0.605. The molecule has 0 unspecified atom stereocenters. The molecular formula is C25H33N5O4. The highest BCUT2D eigenvalue weighted by molar-refractivity contribution is 6.00. The Kier molecular flexibility index (Phi) is 7.99. The van der Waals surface area contributed by atoms with Crippen molar-refractivity contribution in [3.8, 4) is 5.75 Å². The van der Waals surface area contributed by atoms with E-state index in [4.69, 9.17) is 10.5 Å². The molecule has 0 saturated carbocycles. The van der Waals surface area contributed by atoms with Crippen LogP contribution in [0.25, 0.3) is 11.0 Å². The van der Waals surface area contributed by atoms with Gasteiger partial charge in [-0.1, -0.05) is 6.07 Å². The van der Waals surface area contributed by atoms with E-state index in [0.29, 0.717) is 41.2 Å². The third kappa shape index (κ3) is 5.08. The van der Waals surface area contributed by atoms with E-state index in [0.717, 1.165) is 18.8 Å². The van der Waals surface area contributed by atoms with E-state index in [1.165, 1.54) is 4.90 Å². The summed E-state index contributed by atoms with van der Waals surface area (Å²) in [7, 11) is 0. The van der Waals surface area contributed by atoms with Gasteiger partial charge in [0, 0.05) is 36.6 Å². The van der Waals surface area contributed by atoms with Gasteiger partial charge in [-0.25, -0.2) is 4.79 Å². The maximum absolute atomic E-state index is 13.4. The first-order valence-corrected chi connectivity index (χ1v) is 11.6. The lowest BCUT2D eigenvalue weighted by molar-refractivity contribution is -0.122. The van der Waals surface area contributed by atoms with Gasteiger partial charge in [-0.2, -0.15) is 0 Å². The molecule has 1 aromatic heterocycles. The van der Waals surface area contributed by atoms with Gasteiger partial charge in [-0.05, 0) is 58.0 Å². The molecule has 3 N–H and O–H groups in total. The van der Waals surface area contributed by atoms with Crippen LogP contribution in [-0.2, 0) is 22.6 Å². The maximum atomic E-state index is 13.4. The number of primary amides is 1. The van der Waals surface area contributed by atoms with Crippen molar-refractivity contribution in [1.82, 2.24) is 9.55 Å². The molecular weight excluding hydrogens is 434 g/mol. The number of aryl methyl sites for hydroxylation is 1. The smallest absolute Gasteiger partial charge is 0.326 e. The van der Waals surface area contributed by atoms with Gasteiger partial charge < -0.3 is 25.3 Å². The number of benzene rings is 2. The highest BCUT2D eigenvalue weighted by Crippen LogP contribution is 2.30. The van der Waals surface area contributed by atoms with E-state index >= 15 is 0 Å². The standard InChI is InChI=1S/C25H33N5O4/c1-5-28(6-2)18-10-12-19(13-11-18)30(16-21(26)31)22(32)15-17-9-14-20-23(24(17)34-8-4)29(7-3)25(33)27-20/h9-14H,5-8,15-16H2,1-4H3,(H2,26,31)(H,27,33). The quantitative estimate of drug-likeness (QED) is 0.450. The normalized spacial score (nSPS) is 10.9.